The molecule has 168 valence electrons. The predicted octanol–water partition coefficient (Wildman–Crippen LogP) is 2.35. The Labute approximate surface area is 189 Å². The zero-order valence-electron chi connectivity index (χ0n) is 19.2. The molecular formula is C24H30N6O2. The van der Waals surface area contributed by atoms with Crippen molar-refractivity contribution < 1.29 is 9.59 Å². The van der Waals surface area contributed by atoms with Crippen molar-refractivity contribution >= 4 is 23.1 Å². The summed E-state index contributed by atoms with van der Waals surface area (Å²) in [5.41, 5.74) is 1.92. The summed E-state index contributed by atoms with van der Waals surface area (Å²) in [4.78, 5) is 33.1. The minimum atomic E-state index is -0.328. The van der Waals surface area contributed by atoms with Gasteiger partial charge in [-0.1, -0.05) is 26.0 Å². The van der Waals surface area contributed by atoms with Crippen LogP contribution in [0, 0.1) is 28.6 Å². The van der Waals surface area contributed by atoms with E-state index in [0.717, 1.165) is 11.4 Å². The Bertz CT molecular complexity index is 963. The number of rotatable bonds is 6. The van der Waals surface area contributed by atoms with Gasteiger partial charge in [0, 0.05) is 53.1 Å². The summed E-state index contributed by atoms with van der Waals surface area (Å²) in [6.07, 6.45) is 0.0693. The molecule has 8 heteroatoms. The van der Waals surface area contributed by atoms with Crippen LogP contribution < -0.4 is 9.80 Å². The van der Waals surface area contributed by atoms with E-state index >= 15 is 0 Å². The second-order valence-corrected chi connectivity index (χ2v) is 8.58. The number of carbonyl (C=O) groups excluding carboxylic acids is 2. The standard InChI is InChI=1S/C24H30N6O2/c1-17(2)21(16-26)29-11-13-30(14-12-29)23(32)10-9-22(31)18(15-25)24-27(3)19-7-5-6-8-20(19)28(24)4/h5-8,17,21H,9-14H2,1-4H3. The predicted molar refractivity (Wildman–Crippen MR) is 123 cm³/mol. The monoisotopic (exact) mass is 434 g/mol. The molecule has 3 rings (SSSR count). The van der Waals surface area contributed by atoms with Crippen LogP contribution in [0.25, 0.3) is 0 Å². The summed E-state index contributed by atoms with van der Waals surface area (Å²) in [5, 5.41) is 19.1. The molecule has 0 N–H and O–H groups in total. The molecule has 2 aliphatic rings. The highest BCUT2D eigenvalue weighted by molar-refractivity contribution is 6.03. The molecule has 1 saturated heterocycles. The summed E-state index contributed by atoms with van der Waals surface area (Å²) < 4.78 is 0. The Kier molecular flexibility index (Phi) is 7.17. The van der Waals surface area contributed by atoms with E-state index in [-0.39, 0.29) is 42.1 Å². The summed E-state index contributed by atoms with van der Waals surface area (Å²) in [5.74, 6) is 0.353. The van der Waals surface area contributed by atoms with Crippen molar-refractivity contribution in [2.24, 2.45) is 5.92 Å². The van der Waals surface area contributed by atoms with Gasteiger partial charge in [-0.25, -0.2) is 0 Å². The first-order valence-electron chi connectivity index (χ1n) is 11.0. The van der Waals surface area contributed by atoms with Crippen molar-refractivity contribution in [2.45, 2.75) is 32.7 Å². The minimum Gasteiger partial charge on any atom is -0.340 e. The Balaban J connectivity index is 1.61. The molecule has 0 bridgehead atoms. The number of nitriles is 2. The number of hydrogen-bond donors (Lipinski definition) is 0. The number of ketones is 1. The number of nitrogens with zero attached hydrogens (tertiary/aromatic N) is 6. The van der Waals surface area contributed by atoms with Crippen molar-refractivity contribution in [3.05, 3.63) is 35.7 Å². The molecule has 2 aliphatic heterocycles. The minimum absolute atomic E-state index is 0.00369. The van der Waals surface area contributed by atoms with Gasteiger partial charge in [0.2, 0.25) is 5.91 Å². The highest BCUT2D eigenvalue weighted by atomic mass is 16.2. The Morgan fingerprint density at radius 3 is 2.00 bits per heavy atom. The maximum atomic E-state index is 12.9. The number of para-hydroxylation sites is 2. The van der Waals surface area contributed by atoms with E-state index in [2.05, 4.69) is 17.0 Å². The zero-order chi connectivity index (χ0) is 23.4. The van der Waals surface area contributed by atoms with Crippen molar-refractivity contribution in [1.29, 1.82) is 10.5 Å². The molecule has 1 unspecified atom stereocenters. The second kappa shape index (κ2) is 9.84. The van der Waals surface area contributed by atoms with Gasteiger partial charge in [0.25, 0.3) is 0 Å². The van der Waals surface area contributed by atoms with Crippen LogP contribution in [0.3, 0.4) is 0 Å². The highest BCUT2D eigenvalue weighted by Crippen LogP contribution is 2.40. The first-order chi connectivity index (χ1) is 15.3. The van der Waals surface area contributed by atoms with Gasteiger partial charge in [0.05, 0.1) is 17.4 Å². The fraction of sp³-hybridized carbons (Fsp3) is 0.500. The van der Waals surface area contributed by atoms with Crippen LogP contribution in [0.15, 0.2) is 35.7 Å². The number of Topliss-reactive ketones (excluding diaryl/α,β-unsaturated/α-hetero) is 1. The third-order valence-electron chi connectivity index (χ3n) is 6.24. The molecule has 1 aromatic rings. The first kappa shape index (κ1) is 23.3. The molecule has 0 saturated carbocycles. The van der Waals surface area contributed by atoms with Crippen molar-refractivity contribution in [2.75, 3.05) is 50.1 Å². The molecule has 0 aliphatic carbocycles. The van der Waals surface area contributed by atoms with E-state index in [9.17, 15) is 20.1 Å². The van der Waals surface area contributed by atoms with Crippen LogP contribution in [0.2, 0.25) is 0 Å². The Morgan fingerprint density at radius 2 is 1.53 bits per heavy atom. The lowest BCUT2D eigenvalue weighted by molar-refractivity contribution is -0.134. The topological polar surface area (TPSA) is 94.7 Å². The quantitative estimate of drug-likeness (QED) is 0.501. The molecule has 1 aromatic carbocycles. The normalized spacial score (nSPS) is 17.1. The van der Waals surface area contributed by atoms with Gasteiger partial charge >= 0.3 is 0 Å². The van der Waals surface area contributed by atoms with Gasteiger partial charge in [0.15, 0.2) is 5.78 Å². The van der Waals surface area contributed by atoms with Gasteiger partial charge in [-0.2, -0.15) is 10.5 Å². The number of carbonyl (C=O) groups is 2. The van der Waals surface area contributed by atoms with Gasteiger partial charge in [-0.15, -0.1) is 0 Å². The summed E-state index contributed by atoms with van der Waals surface area (Å²) >= 11 is 0. The Hall–Kier alpha value is -3.36. The molecule has 1 fully saturated rings. The van der Waals surface area contributed by atoms with Crippen LogP contribution in [0.5, 0.6) is 0 Å². The number of anilines is 2. The molecule has 0 aromatic heterocycles. The number of benzene rings is 1. The lowest BCUT2D eigenvalue weighted by Gasteiger charge is -2.38. The maximum Gasteiger partial charge on any atom is 0.223 e. The van der Waals surface area contributed by atoms with E-state index in [4.69, 9.17) is 0 Å². The third kappa shape index (κ3) is 4.46. The number of amides is 1. The zero-order valence-corrected chi connectivity index (χ0v) is 19.2. The number of piperazine rings is 1. The second-order valence-electron chi connectivity index (χ2n) is 8.58. The summed E-state index contributed by atoms with van der Waals surface area (Å²) in [6, 6.07) is 12.0. The third-order valence-corrected chi connectivity index (χ3v) is 6.24. The smallest absolute Gasteiger partial charge is 0.223 e. The number of hydrogen-bond acceptors (Lipinski definition) is 7. The molecule has 0 spiro atoms. The molecule has 2 heterocycles. The average molecular weight is 435 g/mol. The molecular weight excluding hydrogens is 404 g/mol. The highest BCUT2D eigenvalue weighted by Gasteiger charge is 2.32. The largest absolute Gasteiger partial charge is 0.340 e. The van der Waals surface area contributed by atoms with E-state index in [1.54, 1.807) is 4.90 Å². The van der Waals surface area contributed by atoms with Gasteiger partial charge in [-0.3, -0.25) is 14.5 Å². The molecule has 8 nitrogen and oxygen atoms in total. The van der Waals surface area contributed by atoms with Crippen molar-refractivity contribution in [3.8, 4) is 12.1 Å². The van der Waals surface area contributed by atoms with E-state index < -0.39 is 0 Å². The Morgan fingerprint density at radius 1 is 0.969 bits per heavy atom. The first-order valence-corrected chi connectivity index (χ1v) is 11.0. The van der Waals surface area contributed by atoms with Crippen molar-refractivity contribution in [3.63, 3.8) is 0 Å². The molecule has 0 radical (unpaired) electrons. The van der Waals surface area contributed by atoms with Crippen LogP contribution >= 0.6 is 0 Å². The van der Waals surface area contributed by atoms with Crippen LogP contribution in [0.1, 0.15) is 26.7 Å². The lowest BCUT2D eigenvalue weighted by Crippen LogP contribution is -2.52. The fourth-order valence-electron chi connectivity index (χ4n) is 4.46. The van der Waals surface area contributed by atoms with Crippen LogP contribution in [-0.2, 0) is 9.59 Å². The SMILES string of the molecule is CC(C)C(C#N)N1CCN(C(=O)CCC(=O)C(C#N)=C2N(C)c3ccccc3N2C)CC1. The summed E-state index contributed by atoms with van der Waals surface area (Å²) in [6.45, 7) is 6.44. The summed E-state index contributed by atoms with van der Waals surface area (Å²) in [7, 11) is 3.66. The molecule has 1 atom stereocenters. The fourth-order valence-corrected chi connectivity index (χ4v) is 4.46. The molecule has 1 amide bonds. The average Bonchev–Trinajstić information content (AvgIpc) is 3.04. The van der Waals surface area contributed by atoms with Crippen molar-refractivity contribution in [1.82, 2.24) is 9.80 Å². The maximum absolute atomic E-state index is 12.9. The van der Waals surface area contributed by atoms with E-state index in [1.165, 1.54) is 0 Å². The van der Waals surface area contributed by atoms with Gasteiger partial charge < -0.3 is 14.7 Å². The molecule has 32 heavy (non-hydrogen) atoms. The number of allylic oxidation sites excluding steroid dienone is 1. The van der Waals surface area contributed by atoms with Crippen LogP contribution in [-0.4, -0.2) is 67.8 Å². The van der Waals surface area contributed by atoms with Gasteiger partial charge in [0.1, 0.15) is 23.5 Å². The van der Waals surface area contributed by atoms with Crippen LogP contribution in [0.4, 0.5) is 11.4 Å². The van der Waals surface area contributed by atoms with E-state index in [0.29, 0.717) is 32.0 Å². The van der Waals surface area contributed by atoms with Gasteiger partial charge in [-0.05, 0) is 18.1 Å². The lowest BCUT2D eigenvalue weighted by atomic mass is 10.0. The number of fused-ring (bicyclic) bond motifs is 1. The van der Waals surface area contributed by atoms with E-state index in [1.807, 2.05) is 62.0 Å².